The number of unbranched alkanes of at least 4 members (excludes halogenated alkanes) is 3. The van der Waals surface area contributed by atoms with Crippen LogP contribution in [0.25, 0.3) is 0 Å². The lowest BCUT2D eigenvalue weighted by Gasteiger charge is -2.37. The first-order valence-electron chi connectivity index (χ1n) is 12.4. The number of carboxylic acids is 3. The predicted octanol–water partition coefficient (Wildman–Crippen LogP) is -1.28. The van der Waals surface area contributed by atoms with Gasteiger partial charge in [-0.05, 0) is 19.8 Å². The molecule has 39 heavy (non-hydrogen) atoms. The van der Waals surface area contributed by atoms with Gasteiger partial charge in [0.05, 0.1) is 0 Å². The van der Waals surface area contributed by atoms with Crippen LogP contribution in [0.5, 0.6) is 0 Å². The van der Waals surface area contributed by atoms with Crippen molar-refractivity contribution < 1.29 is 48.9 Å². The zero-order valence-electron chi connectivity index (χ0n) is 22.1. The number of thioether (sulfide) groups is 1. The number of aliphatic carboxylic acids is 3. The number of nitrogens with zero attached hydrogens (tertiary/aromatic N) is 1. The summed E-state index contributed by atoms with van der Waals surface area (Å²) < 4.78 is 0. The van der Waals surface area contributed by atoms with Crippen LogP contribution in [0.1, 0.15) is 58.8 Å². The average Bonchev–Trinajstić information content (AvgIpc) is 2.85. The van der Waals surface area contributed by atoms with Crippen molar-refractivity contribution in [2.75, 3.05) is 18.1 Å². The molecule has 4 amide bonds. The van der Waals surface area contributed by atoms with Crippen molar-refractivity contribution in [1.82, 2.24) is 15.5 Å². The van der Waals surface area contributed by atoms with Crippen LogP contribution in [0.2, 0.25) is 0 Å². The third-order valence-corrected chi connectivity index (χ3v) is 6.63. The summed E-state index contributed by atoms with van der Waals surface area (Å²) in [5.74, 6) is -8.25. The van der Waals surface area contributed by atoms with Gasteiger partial charge in [0.15, 0.2) is 0 Å². The van der Waals surface area contributed by atoms with Gasteiger partial charge in [0.25, 0.3) is 0 Å². The summed E-state index contributed by atoms with van der Waals surface area (Å²) in [7, 11) is 0. The molecule has 0 rings (SSSR count). The van der Waals surface area contributed by atoms with Crippen molar-refractivity contribution in [3.05, 3.63) is 0 Å². The minimum Gasteiger partial charge on any atom is -0.480 e. The fraction of sp³-hybridized carbons (Fsp3) is 0.696. The maximum Gasteiger partial charge on any atom is 0.326 e. The molecule has 9 N–H and O–H groups in total. The second-order valence-corrected chi connectivity index (χ2v) is 9.89. The van der Waals surface area contributed by atoms with E-state index in [1.165, 1.54) is 6.92 Å². The van der Waals surface area contributed by atoms with E-state index in [0.29, 0.717) is 11.3 Å². The van der Waals surface area contributed by atoms with Gasteiger partial charge in [0.1, 0.15) is 30.7 Å². The lowest BCUT2D eigenvalue weighted by molar-refractivity contribution is -0.156. The van der Waals surface area contributed by atoms with E-state index < -0.39 is 85.1 Å². The van der Waals surface area contributed by atoms with Crippen molar-refractivity contribution in [3.8, 4) is 0 Å². The van der Waals surface area contributed by atoms with Crippen LogP contribution >= 0.6 is 11.8 Å². The molecule has 0 saturated carbocycles. The van der Waals surface area contributed by atoms with Crippen molar-refractivity contribution in [2.24, 2.45) is 11.5 Å². The summed E-state index contributed by atoms with van der Waals surface area (Å²) in [6, 6.07) is -6.01. The van der Waals surface area contributed by atoms with E-state index in [1.54, 1.807) is 0 Å². The third kappa shape index (κ3) is 14.4. The molecule has 0 aromatic heterocycles. The van der Waals surface area contributed by atoms with Crippen LogP contribution < -0.4 is 22.1 Å². The molecule has 0 aromatic rings. The summed E-state index contributed by atoms with van der Waals surface area (Å²) in [5, 5.41) is 32.5. The number of hydrogen-bond acceptors (Lipinski definition) is 9. The SMILES string of the molecule is CCCCCCC(=O)N[C@@H](C)C(=O)N([C@H](CCC(N)=O)C(=O)O)[C@H](CSC[C@H](N)C(=O)O)C(=O)NCC(=O)O. The van der Waals surface area contributed by atoms with E-state index in [0.717, 1.165) is 31.0 Å². The number of carboxylic acid groups (broad SMARTS) is 3. The maximum atomic E-state index is 13.5. The summed E-state index contributed by atoms with van der Waals surface area (Å²) in [6.07, 6.45) is 2.43. The number of hydrogen-bond donors (Lipinski definition) is 7. The zero-order valence-corrected chi connectivity index (χ0v) is 22.9. The van der Waals surface area contributed by atoms with Gasteiger partial charge in [-0.15, -0.1) is 0 Å². The molecular formula is C23H39N5O10S. The van der Waals surface area contributed by atoms with Gasteiger partial charge in [0, 0.05) is 24.3 Å². The Balaban J connectivity index is 6.21. The van der Waals surface area contributed by atoms with Crippen molar-refractivity contribution in [2.45, 2.75) is 83.0 Å². The van der Waals surface area contributed by atoms with Crippen LogP contribution in [0.15, 0.2) is 0 Å². The van der Waals surface area contributed by atoms with E-state index in [2.05, 4.69) is 10.6 Å². The van der Waals surface area contributed by atoms with Crippen LogP contribution in [-0.2, 0) is 33.6 Å². The number of nitrogens with two attached hydrogens (primary N) is 2. The molecular weight excluding hydrogens is 538 g/mol. The Hall–Kier alpha value is -3.40. The molecule has 0 radical (unpaired) electrons. The Morgan fingerprint density at radius 2 is 1.54 bits per heavy atom. The van der Waals surface area contributed by atoms with E-state index in [-0.39, 0.29) is 17.9 Å². The highest BCUT2D eigenvalue weighted by atomic mass is 32.2. The van der Waals surface area contributed by atoms with Gasteiger partial charge >= 0.3 is 17.9 Å². The Kier molecular flexibility index (Phi) is 17.1. The summed E-state index contributed by atoms with van der Waals surface area (Å²) in [5.41, 5.74) is 10.7. The second kappa shape index (κ2) is 18.8. The second-order valence-electron chi connectivity index (χ2n) is 8.81. The lowest BCUT2D eigenvalue weighted by Crippen LogP contribution is -2.61. The zero-order chi connectivity index (χ0) is 30.1. The number of carbonyl (C=O) groups excluding carboxylic acids is 4. The van der Waals surface area contributed by atoms with Crippen LogP contribution in [-0.4, -0.2) is 104 Å². The number of primary amides is 1. The van der Waals surface area contributed by atoms with Gasteiger partial charge in [-0.3, -0.25) is 28.8 Å². The Morgan fingerprint density at radius 1 is 0.897 bits per heavy atom. The highest BCUT2D eigenvalue weighted by Gasteiger charge is 2.41. The summed E-state index contributed by atoms with van der Waals surface area (Å²) in [6.45, 7) is 2.45. The smallest absolute Gasteiger partial charge is 0.326 e. The lowest BCUT2D eigenvalue weighted by atomic mass is 10.0. The van der Waals surface area contributed by atoms with Crippen molar-refractivity contribution in [1.29, 1.82) is 0 Å². The molecule has 0 fully saturated rings. The van der Waals surface area contributed by atoms with Crippen molar-refractivity contribution >= 4 is 53.3 Å². The molecule has 0 bridgehead atoms. The van der Waals surface area contributed by atoms with Crippen LogP contribution in [0.3, 0.4) is 0 Å². The Bertz CT molecular complexity index is 887. The third-order valence-electron chi connectivity index (χ3n) is 5.49. The standard InChI is InChI=1S/C23H39N5O10S/c1-3-4-5-6-7-18(30)27-13(2)21(34)28(15(23(37)38)8-9-17(25)29)16(20(33)26-10-19(31)32)12-39-11-14(24)22(35)36/h13-16H,3-12,24H2,1-2H3,(H2,25,29)(H,26,33)(H,27,30)(H,31,32)(H,35,36)(H,37,38)/t13-,14-,15+,16+/m0/s1. The molecule has 0 aliphatic heterocycles. The Morgan fingerprint density at radius 3 is 2.05 bits per heavy atom. The van der Waals surface area contributed by atoms with Crippen LogP contribution in [0, 0.1) is 0 Å². The molecule has 222 valence electrons. The number of amides is 4. The normalized spacial score (nSPS) is 13.8. The van der Waals surface area contributed by atoms with Gasteiger partial charge in [-0.1, -0.05) is 26.2 Å². The van der Waals surface area contributed by atoms with Gasteiger partial charge in [-0.25, -0.2) is 4.79 Å². The highest BCUT2D eigenvalue weighted by Crippen LogP contribution is 2.19. The summed E-state index contributed by atoms with van der Waals surface area (Å²) >= 11 is 0.821. The molecule has 0 heterocycles. The molecule has 0 unspecified atom stereocenters. The van der Waals surface area contributed by atoms with Gasteiger partial charge in [0.2, 0.25) is 23.6 Å². The largest absolute Gasteiger partial charge is 0.480 e. The van der Waals surface area contributed by atoms with E-state index in [9.17, 15) is 38.7 Å². The van der Waals surface area contributed by atoms with Crippen molar-refractivity contribution in [3.63, 3.8) is 0 Å². The monoisotopic (exact) mass is 577 g/mol. The fourth-order valence-corrected chi connectivity index (χ4v) is 4.50. The topological polar surface area (TPSA) is 260 Å². The highest BCUT2D eigenvalue weighted by molar-refractivity contribution is 7.99. The number of carbonyl (C=O) groups is 7. The average molecular weight is 578 g/mol. The minimum atomic E-state index is -1.76. The molecule has 16 heteroatoms. The quantitative estimate of drug-likeness (QED) is 0.0787. The van der Waals surface area contributed by atoms with E-state index >= 15 is 0 Å². The fourth-order valence-electron chi connectivity index (χ4n) is 3.44. The first-order chi connectivity index (χ1) is 18.2. The molecule has 0 aromatic carbocycles. The van der Waals surface area contributed by atoms with E-state index in [1.807, 2.05) is 6.92 Å². The molecule has 0 spiro atoms. The molecule has 0 aliphatic rings. The molecule has 4 atom stereocenters. The number of nitrogens with one attached hydrogen (secondary N) is 2. The van der Waals surface area contributed by atoms with Crippen LogP contribution in [0.4, 0.5) is 0 Å². The predicted molar refractivity (Wildman–Crippen MR) is 140 cm³/mol. The first-order valence-corrected chi connectivity index (χ1v) is 13.6. The van der Waals surface area contributed by atoms with E-state index in [4.69, 9.17) is 21.7 Å². The summed E-state index contributed by atoms with van der Waals surface area (Å²) in [4.78, 5) is 85.3. The Labute approximate surface area is 230 Å². The molecule has 15 nitrogen and oxygen atoms in total. The first kappa shape index (κ1) is 35.6. The van der Waals surface area contributed by atoms with Gasteiger partial charge < -0.3 is 42.3 Å². The minimum absolute atomic E-state index is 0.118. The molecule has 0 saturated heterocycles. The van der Waals surface area contributed by atoms with Gasteiger partial charge in [-0.2, -0.15) is 11.8 Å². The maximum absolute atomic E-state index is 13.5. The number of rotatable bonds is 21. The molecule has 0 aliphatic carbocycles.